The highest BCUT2D eigenvalue weighted by Crippen LogP contribution is 2.39. The van der Waals surface area contributed by atoms with E-state index in [0.29, 0.717) is 44.1 Å². The molecule has 6 nitrogen and oxygen atoms in total. The number of rotatable bonds is 7. The standard InChI is InChI=1S/C24H20Cl2N2O4/c1-30-22-9-6-14(10-23(22)31-2)17-12-27-28-24(17)16-8-7-15(11-21(16)29)32-13-18-19(25)4-3-5-20(18)26/h3-12,29H,13H2,1-2H3,(H,27,28). The van der Waals surface area contributed by atoms with Crippen LogP contribution in [0, 0.1) is 0 Å². The zero-order chi connectivity index (χ0) is 22.7. The van der Waals surface area contributed by atoms with Gasteiger partial charge in [-0.1, -0.05) is 35.3 Å². The summed E-state index contributed by atoms with van der Waals surface area (Å²) in [5.74, 6) is 1.75. The van der Waals surface area contributed by atoms with Crippen molar-refractivity contribution in [1.29, 1.82) is 0 Å². The Bertz CT molecular complexity index is 1240. The highest BCUT2D eigenvalue weighted by Gasteiger charge is 2.16. The molecule has 0 unspecified atom stereocenters. The Labute approximate surface area is 195 Å². The third-order valence-corrected chi connectivity index (χ3v) is 5.73. The number of phenols is 1. The molecule has 32 heavy (non-hydrogen) atoms. The van der Waals surface area contributed by atoms with Crippen LogP contribution in [0.5, 0.6) is 23.0 Å². The number of phenolic OH excluding ortho intramolecular Hbond substituents is 1. The molecule has 0 amide bonds. The highest BCUT2D eigenvalue weighted by atomic mass is 35.5. The van der Waals surface area contributed by atoms with Crippen molar-refractivity contribution >= 4 is 23.2 Å². The van der Waals surface area contributed by atoms with Gasteiger partial charge in [0.05, 0.1) is 26.1 Å². The van der Waals surface area contributed by atoms with Crippen molar-refractivity contribution in [2.45, 2.75) is 6.61 Å². The Morgan fingerprint density at radius 3 is 2.34 bits per heavy atom. The number of methoxy groups -OCH3 is 2. The molecule has 0 saturated heterocycles. The van der Waals surface area contributed by atoms with Crippen molar-refractivity contribution in [3.05, 3.63) is 76.4 Å². The van der Waals surface area contributed by atoms with Gasteiger partial charge >= 0.3 is 0 Å². The Hall–Kier alpha value is -3.35. The highest BCUT2D eigenvalue weighted by molar-refractivity contribution is 6.35. The molecule has 1 aromatic heterocycles. The molecule has 0 radical (unpaired) electrons. The fourth-order valence-corrected chi connectivity index (χ4v) is 3.86. The Balaban J connectivity index is 1.61. The van der Waals surface area contributed by atoms with Crippen LogP contribution < -0.4 is 14.2 Å². The van der Waals surface area contributed by atoms with E-state index in [9.17, 15) is 5.11 Å². The second kappa shape index (κ2) is 9.42. The van der Waals surface area contributed by atoms with Crippen molar-refractivity contribution < 1.29 is 19.3 Å². The molecule has 8 heteroatoms. The molecule has 0 saturated carbocycles. The van der Waals surface area contributed by atoms with Gasteiger partial charge in [0.15, 0.2) is 11.5 Å². The van der Waals surface area contributed by atoms with Gasteiger partial charge in [0.2, 0.25) is 0 Å². The molecule has 0 aliphatic heterocycles. The minimum atomic E-state index is 0.0405. The number of halogens is 2. The first-order valence-electron chi connectivity index (χ1n) is 9.66. The topological polar surface area (TPSA) is 76.6 Å². The van der Waals surface area contributed by atoms with Crippen LogP contribution in [0.15, 0.2) is 60.8 Å². The Morgan fingerprint density at radius 1 is 0.906 bits per heavy atom. The number of nitrogens with one attached hydrogen (secondary N) is 1. The van der Waals surface area contributed by atoms with Crippen molar-refractivity contribution in [2.24, 2.45) is 0 Å². The van der Waals surface area contributed by atoms with Gasteiger partial charge in [-0.25, -0.2) is 0 Å². The van der Waals surface area contributed by atoms with E-state index in [1.807, 2.05) is 18.2 Å². The van der Waals surface area contributed by atoms with Gasteiger partial charge in [-0.2, -0.15) is 5.10 Å². The predicted octanol–water partition coefficient (Wildman–Crippen LogP) is 6.35. The average Bonchev–Trinajstić information content (AvgIpc) is 3.28. The largest absolute Gasteiger partial charge is 0.507 e. The number of nitrogens with zero attached hydrogens (tertiary/aromatic N) is 1. The molecule has 4 aromatic rings. The maximum absolute atomic E-state index is 10.7. The summed E-state index contributed by atoms with van der Waals surface area (Å²) in [7, 11) is 3.17. The molecule has 0 atom stereocenters. The molecular weight excluding hydrogens is 451 g/mol. The summed E-state index contributed by atoms with van der Waals surface area (Å²) < 4.78 is 16.5. The van der Waals surface area contributed by atoms with Crippen LogP contribution in [0.2, 0.25) is 10.0 Å². The van der Waals surface area contributed by atoms with Crippen molar-refractivity contribution in [3.8, 4) is 45.4 Å². The summed E-state index contributed by atoms with van der Waals surface area (Å²) in [5.41, 5.74) is 3.59. The van der Waals surface area contributed by atoms with E-state index in [2.05, 4.69) is 10.2 Å². The molecular formula is C24H20Cl2N2O4. The van der Waals surface area contributed by atoms with Gasteiger partial charge < -0.3 is 19.3 Å². The number of aromatic hydroxyl groups is 1. The van der Waals surface area contributed by atoms with E-state index < -0.39 is 0 Å². The third kappa shape index (κ3) is 4.33. The quantitative estimate of drug-likeness (QED) is 0.328. The van der Waals surface area contributed by atoms with Crippen molar-refractivity contribution in [1.82, 2.24) is 10.2 Å². The summed E-state index contributed by atoms with van der Waals surface area (Å²) in [6.07, 6.45) is 1.69. The monoisotopic (exact) mass is 470 g/mol. The second-order valence-corrected chi connectivity index (χ2v) is 7.71. The molecule has 0 fully saturated rings. The lowest BCUT2D eigenvalue weighted by atomic mass is 10.0. The maximum atomic E-state index is 10.7. The summed E-state index contributed by atoms with van der Waals surface area (Å²) in [6, 6.07) is 15.9. The van der Waals surface area contributed by atoms with Crippen molar-refractivity contribution in [2.75, 3.05) is 14.2 Å². The van der Waals surface area contributed by atoms with E-state index >= 15 is 0 Å². The molecule has 164 valence electrons. The van der Waals surface area contributed by atoms with E-state index in [1.165, 1.54) is 0 Å². The lowest BCUT2D eigenvalue weighted by molar-refractivity contribution is 0.304. The zero-order valence-corrected chi connectivity index (χ0v) is 18.9. The molecule has 0 aliphatic carbocycles. The Morgan fingerprint density at radius 2 is 1.66 bits per heavy atom. The number of ether oxygens (including phenoxy) is 3. The molecule has 2 N–H and O–H groups in total. The number of aromatic amines is 1. The van der Waals surface area contributed by atoms with E-state index in [-0.39, 0.29) is 12.4 Å². The van der Waals surface area contributed by atoms with E-state index in [4.69, 9.17) is 37.4 Å². The van der Waals surface area contributed by atoms with Crippen LogP contribution in [0.4, 0.5) is 0 Å². The number of H-pyrrole nitrogens is 1. The van der Waals surface area contributed by atoms with Crippen LogP contribution in [-0.2, 0) is 6.61 Å². The molecule has 0 bridgehead atoms. The lowest BCUT2D eigenvalue weighted by Crippen LogP contribution is -1.97. The van der Waals surface area contributed by atoms with E-state index in [1.54, 1.807) is 56.8 Å². The maximum Gasteiger partial charge on any atom is 0.161 e. The van der Waals surface area contributed by atoms with Crippen LogP contribution in [0.3, 0.4) is 0 Å². The van der Waals surface area contributed by atoms with Gasteiger partial charge in [-0.3, -0.25) is 5.10 Å². The smallest absolute Gasteiger partial charge is 0.161 e. The van der Waals surface area contributed by atoms with E-state index in [0.717, 1.165) is 11.1 Å². The molecule has 3 aromatic carbocycles. The number of hydrogen-bond acceptors (Lipinski definition) is 5. The van der Waals surface area contributed by atoms with Gasteiger partial charge in [-0.05, 0) is 42.0 Å². The normalized spacial score (nSPS) is 10.8. The second-order valence-electron chi connectivity index (χ2n) is 6.90. The SMILES string of the molecule is COc1ccc(-c2cn[nH]c2-c2ccc(OCc3c(Cl)cccc3Cl)cc2O)cc1OC. The lowest BCUT2D eigenvalue weighted by Gasteiger charge is -2.12. The number of hydrogen-bond donors (Lipinski definition) is 2. The van der Waals surface area contributed by atoms with Gasteiger partial charge in [0, 0.05) is 32.8 Å². The fourth-order valence-electron chi connectivity index (χ4n) is 3.35. The van der Waals surface area contributed by atoms with Gasteiger partial charge in [-0.15, -0.1) is 0 Å². The number of benzene rings is 3. The first kappa shape index (κ1) is 21.9. The number of aromatic nitrogens is 2. The van der Waals surface area contributed by atoms with Gasteiger partial charge in [0.1, 0.15) is 18.1 Å². The third-order valence-electron chi connectivity index (χ3n) is 5.02. The molecule has 4 rings (SSSR count). The first-order chi connectivity index (χ1) is 15.5. The summed E-state index contributed by atoms with van der Waals surface area (Å²) in [6.45, 7) is 0.179. The predicted molar refractivity (Wildman–Crippen MR) is 125 cm³/mol. The molecule has 1 heterocycles. The zero-order valence-electron chi connectivity index (χ0n) is 17.4. The first-order valence-corrected chi connectivity index (χ1v) is 10.4. The fraction of sp³-hybridized carbons (Fsp3) is 0.125. The average molecular weight is 471 g/mol. The molecule has 0 spiro atoms. The van der Waals surface area contributed by atoms with Crippen LogP contribution >= 0.6 is 23.2 Å². The summed E-state index contributed by atoms with van der Waals surface area (Å²) in [4.78, 5) is 0. The minimum absolute atomic E-state index is 0.0405. The van der Waals surface area contributed by atoms with Crippen LogP contribution in [0.25, 0.3) is 22.4 Å². The Kier molecular flexibility index (Phi) is 6.44. The van der Waals surface area contributed by atoms with Crippen LogP contribution in [0.1, 0.15) is 5.56 Å². The minimum Gasteiger partial charge on any atom is -0.507 e. The van der Waals surface area contributed by atoms with Gasteiger partial charge in [0.25, 0.3) is 0 Å². The summed E-state index contributed by atoms with van der Waals surface area (Å²) >= 11 is 12.4. The molecule has 0 aliphatic rings. The van der Waals surface area contributed by atoms with Crippen molar-refractivity contribution in [3.63, 3.8) is 0 Å². The summed E-state index contributed by atoms with van der Waals surface area (Å²) in [5, 5.41) is 18.9. The van der Waals surface area contributed by atoms with Crippen LogP contribution in [-0.4, -0.2) is 29.5 Å².